The summed E-state index contributed by atoms with van der Waals surface area (Å²) in [4.78, 5) is 63.5. The third-order valence-electron chi connectivity index (χ3n) is 15.9. The quantitative estimate of drug-likeness (QED) is 0.119. The van der Waals surface area contributed by atoms with Crippen LogP contribution in [0.1, 0.15) is 72.9 Å². The smallest absolute Gasteiger partial charge is 0.319 e. The second-order valence-corrected chi connectivity index (χ2v) is 20.7. The Kier molecular flexibility index (Phi) is 11.1. The highest BCUT2D eigenvalue weighted by molar-refractivity contribution is 6.06. The molecule has 3 N–H and O–H groups in total. The first-order valence-corrected chi connectivity index (χ1v) is 24.8. The maximum Gasteiger partial charge on any atom is 0.319 e. The highest BCUT2D eigenvalue weighted by atomic mass is 19.1. The Hall–Kier alpha value is -6.41. The van der Waals surface area contributed by atoms with E-state index in [1.807, 2.05) is 24.3 Å². The van der Waals surface area contributed by atoms with Gasteiger partial charge in [-0.2, -0.15) is 9.97 Å². The molecule has 356 valence electrons. The number of carbonyl (C=O) groups is 3. The van der Waals surface area contributed by atoms with E-state index in [1.54, 1.807) is 23.2 Å². The molecule has 2 aromatic heterocycles. The number of benzene rings is 3. The number of nitrogens with one attached hydrogen (secondary N) is 2. The number of carbonyl (C=O) groups excluding carboxylic acids is 3. The lowest BCUT2D eigenvalue weighted by Gasteiger charge is -2.40. The van der Waals surface area contributed by atoms with Crippen LogP contribution in [0, 0.1) is 29.5 Å². The summed E-state index contributed by atoms with van der Waals surface area (Å²) in [5.41, 5.74) is 3.82. The standard InChI is InChI=1S/C53H57FN10O5/c1-2-33-6-3-7-34-22-39(65)23-41(45(33)34)47-46(54)48-42(24-55-47)49(63-28-36-8-9-37(29-63)56-36)59-52(58-48)69-31-53(14-15-53)30-61-16-4-5-32(26-61)25-60-17-19-62(20-18-60)38-10-11-40-35(21-38)27-64(51(40)68)43-12-13-44(66)57-50(43)67/h1,3,6-7,10-11,21-24,32,36-37,43,56,65H,4-5,8-9,12-20,25-31H2,(H,57,66,67)/t32-,36?,37?,43-/m0/s1. The SMILES string of the molecule is C#Cc1cccc2cc(O)cc(-c3ncc4c(N5CC6CCC(C5)N6)nc(OCC5(CN6CCC[C@@H](CN7CCN(c8ccc9c(c8)CN([C@H]8CCC(=O)NC8=O)C9=O)CC7)C6)CC5)nc4c3F)c12. The molecule has 3 aromatic carbocycles. The lowest BCUT2D eigenvalue weighted by Crippen LogP contribution is -2.52. The number of amides is 3. The molecule has 0 radical (unpaired) electrons. The average Bonchev–Trinajstić information content (AvgIpc) is 3.93. The van der Waals surface area contributed by atoms with Gasteiger partial charge in [0.05, 0.1) is 12.0 Å². The molecule has 69 heavy (non-hydrogen) atoms. The number of fused-ring (bicyclic) bond motifs is 5. The minimum absolute atomic E-state index is 0.0123. The summed E-state index contributed by atoms with van der Waals surface area (Å²) in [5.74, 6) is 2.48. The number of aromatic hydroxyl groups is 1. The number of hydrogen-bond acceptors (Lipinski definition) is 13. The topological polar surface area (TPSA) is 160 Å². The molecule has 16 heteroatoms. The largest absolute Gasteiger partial charge is 0.508 e. The number of hydrogen-bond donors (Lipinski definition) is 3. The number of pyridine rings is 1. The zero-order valence-corrected chi connectivity index (χ0v) is 38.8. The lowest BCUT2D eigenvalue weighted by atomic mass is 9.95. The number of phenolic OH excluding ortho intramolecular Hbond substituents is 1. The van der Waals surface area contributed by atoms with Gasteiger partial charge in [0.25, 0.3) is 5.91 Å². The molecule has 6 fully saturated rings. The molecule has 8 heterocycles. The van der Waals surface area contributed by atoms with Gasteiger partial charge < -0.3 is 34.8 Å². The highest BCUT2D eigenvalue weighted by Gasteiger charge is 2.46. The monoisotopic (exact) mass is 932 g/mol. The number of likely N-dealkylation sites (tertiary alicyclic amines) is 1. The molecule has 15 nitrogen and oxygen atoms in total. The van der Waals surface area contributed by atoms with Crippen LogP contribution in [0.25, 0.3) is 32.9 Å². The minimum atomic E-state index is -0.615. The van der Waals surface area contributed by atoms with E-state index in [4.69, 9.17) is 21.1 Å². The number of phenols is 1. The van der Waals surface area contributed by atoms with Crippen molar-refractivity contribution in [2.75, 3.05) is 81.9 Å². The summed E-state index contributed by atoms with van der Waals surface area (Å²) in [7, 11) is 0. The van der Waals surface area contributed by atoms with Crippen LogP contribution in [0.3, 0.4) is 0 Å². The Bertz CT molecular complexity index is 2940. The molecule has 7 aliphatic rings. The summed E-state index contributed by atoms with van der Waals surface area (Å²) < 4.78 is 23.7. The fourth-order valence-corrected chi connectivity index (χ4v) is 12.2. The van der Waals surface area contributed by atoms with Crippen molar-refractivity contribution < 1.29 is 28.6 Å². The molecule has 1 aliphatic carbocycles. The van der Waals surface area contributed by atoms with Crippen molar-refractivity contribution >= 4 is 50.9 Å². The summed E-state index contributed by atoms with van der Waals surface area (Å²) in [6.45, 7) is 10.1. The number of piperazine rings is 2. The van der Waals surface area contributed by atoms with Gasteiger partial charge in [-0.15, -0.1) is 6.42 Å². The van der Waals surface area contributed by atoms with Crippen molar-refractivity contribution in [1.29, 1.82) is 0 Å². The van der Waals surface area contributed by atoms with Crippen LogP contribution in [0.4, 0.5) is 15.9 Å². The van der Waals surface area contributed by atoms with Crippen molar-refractivity contribution in [1.82, 2.24) is 40.3 Å². The van der Waals surface area contributed by atoms with E-state index in [0.29, 0.717) is 76.2 Å². The van der Waals surface area contributed by atoms with E-state index >= 15 is 4.39 Å². The Morgan fingerprint density at radius 1 is 0.899 bits per heavy atom. The third-order valence-corrected chi connectivity index (χ3v) is 15.9. The predicted octanol–water partition coefficient (Wildman–Crippen LogP) is 5.07. The molecule has 2 unspecified atom stereocenters. The van der Waals surface area contributed by atoms with Crippen LogP contribution in [-0.4, -0.2) is 143 Å². The second kappa shape index (κ2) is 17.5. The van der Waals surface area contributed by atoms with Crippen molar-refractivity contribution in [2.24, 2.45) is 11.3 Å². The summed E-state index contributed by atoms with van der Waals surface area (Å²) in [6.07, 6.45) is 14.8. The Balaban J connectivity index is 0.704. The van der Waals surface area contributed by atoms with Gasteiger partial charge in [0, 0.05) is 123 Å². The first-order valence-electron chi connectivity index (χ1n) is 24.8. The number of terminal acetylenes is 1. The fourth-order valence-electron chi connectivity index (χ4n) is 12.2. The van der Waals surface area contributed by atoms with Gasteiger partial charge in [-0.3, -0.25) is 29.6 Å². The zero-order valence-electron chi connectivity index (χ0n) is 38.8. The summed E-state index contributed by atoms with van der Waals surface area (Å²) >= 11 is 0. The van der Waals surface area contributed by atoms with Crippen molar-refractivity contribution in [3.05, 3.63) is 77.2 Å². The maximum absolute atomic E-state index is 17.2. The van der Waals surface area contributed by atoms with E-state index in [1.165, 1.54) is 12.5 Å². The summed E-state index contributed by atoms with van der Waals surface area (Å²) in [5, 5.41) is 18.7. The number of anilines is 2. The maximum atomic E-state index is 17.2. The number of imide groups is 1. The lowest BCUT2D eigenvalue weighted by molar-refractivity contribution is -0.136. The number of aromatic nitrogens is 3. The van der Waals surface area contributed by atoms with E-state index < -0.39 is 11.9 Å². The zero-order chi connectivity index (χ0) is 47.0. The Labute approximate surface area is 400 Å². The molecule has 3 amide bonds. The molecule has 4 atom stereocenters. The third kappa shape index (κ3) is 8.38. The molecule has 5 aromatic rings. The highest BCUT2D eigenvalue weighted by Crippen LogP contribution is 2.47. The first-order chi connectivity index (χ1) is 33.6. The first kappa shape index (κ1) is 43.8. The predicted molar refractivity (Wildman–Crippen MR) is 259 cm³/mol. The van der Waals surface area contributed by atoms with Gasteiger partial charge in [-0.1, -0.05) is 18.1 Å². The molecular formula is C53H57FN10O5. The molecule has 2 bridgehead atoms. The fraction of sp³-hybridized carbons (Fsp3) is 0.472. The van der Waals surface area contributed by atoms with E-state index in [0.717, 1.165) is 109 Å². The van der Waals surface area contributed by atoms with Gasteiger partial charge in [-0.25, -0.2) is 4.39 Å². The number of nitrogens with zero attached hydrogens (tertiary/aromatic N) is 8. The molecule has 5 saturated heterocycles. The van der Waals surface area contributed by atoms with Gasteiger partial charge in [0.15, 0.2) is 5.82 Å². The number of ether oxygens (including phenoxy) is 1. The van der Waals surface area contributed by atoms with Gasteiger partial charge in [-0.05, 0) is 105 Å². The van der Waals surface area contributed by atoms with Crippen LogP contribution in [0.2, 0.25) is 0 Å². The van der Waals surface area contributed by atoms with E-state index in [9.17, 15) is 19.5 Å². The van der Waals surface area contributed by atoms with Gasteiger partial charge >= 0.3 is 6.01 Å². The van der Waals surface area contributed by atoms with E-state index in [2.05, 4.69) is 47.2 Å². The number of rotatable bonds is 11. The normalized spacial score (nSPS) is 24.8. The van der Waals surface area contributed by atoms with Crippen LogP contribution in [0.5, 0.6) is 11.8 Å². The van der Waals surface area contributed by atoms with Crippen LogP contribution < -0.4 is 25.2 Å². The van der Waals surface area contributed by atoms with Crippen LogP contribution >= 0.6 is 0 Å². The van der Waals surface area contributed by atoms with Crippen molar-refractivity contribution in [2.45, 2.75) is 76.0 Å². The van der Waals surface area contributed by atoms with Crippen molar-refractivity contribution in [3.8, 4) is 35.4 Å². The number of piperidine rings is 2. The van der Waals surface area contributed by atoms with Gasteiger partial charge in [0.2, 0.25) is 11.8 Å². The molecule has 1 saturated carbocycles. The van der Waals surface area contributed by atoms with Gasteiger partial charge in [0.1, 0.15) is 28.8 Å². The minimum Gasteiger partial charge on any atom is -0.508 e. The van der Waals surface area contributed by atoms with E-state index in [-0.39, 0.29) is 52.5 Å². The molecular weight excluding hydrogens is 876 g/mol. The summed E-state index contributed by atoms with van der Waals surface area (Å²) in [6, 6.07) is 14.8. The Morgan fingerprint density at radius 2 is 1.72 bits per heavy atom. The molecule has 12 rings (SSSR count). The number of halogens is 1. The molecule has 0 spiro atoms. The van der Waals surface area contributed by atoms with Crippen LogP contribution in [-0.2, 0) is 16.1 Å². The molecule has 6 aliphatic heterocycles. The second-order valence-electron chi connectivity index (χ2n) is 20.7. The van der Waals surface area contributed by atoms with Crippen molar-refractivity contribution in [3.63, 3.8) is 0 Å². The Morgan fingerprint density at radius 3 is 2.51 bits per heavy atom. The van der Waals surface area contributed by atoms with Crippen LogP contribution in [0.15, 0.2) is 54.7 Å². The average molecular weight is 933 g/mol.